The molecule has 3 rings (SSSR count). The minimum Gasteiger partial charge on any atom is -0.258 e. The molecular formula is C20H17Cl3N4O2S. The second-order valence-electron chi connectivity index (χ2n) is 6.68. The number of halogens is 3. The van der Waals surface area contributed by atoms with E-state index in [1.165, 1.54) is 23.5 Å². The van der Waals surface area contributed by atoms with Gasteiger partial charge in [0.1, 0.15) is 5.02 Å². The standard InChI is InChI=1S/C20H17Cl3N4O2S/c1-11(2)24-20-26(19(10-30-20)14-5-6-15(21)17(23)8-14)25-12(3)13-4-7-16(22)18(9-13)27(28)29/h4-11H,1-3H3. The van der Waals surface area contributed by atoms with E-state index in [4.69, 9.17) is 39.9 Å². The van der Waals surface area contributed by atoms with Crippen molar-refractivity contribution in [1.29, 1.82) is 0 Å². The summed E-state index contributed by atoms with van der Waals surface area (Å²) in [4.78, 5) is 16.0. The van der Waals surface area contributed by atoms with Gasteiger partial charge < -0.3 is 0 Å². The molecule has 0 saturated carbocycles. The topological polar surface area (TPSA) is 72.8 Å². The molecule has 10 heteroatoms. The lowest BCUT2D eigenvalue weighted by molar-refractivity contribution is -0.384. The zero-order valence-corrected chi connectivity index (χ0v) is 19.4. The van der Waals surface area contributed by atoms with Crippen LogP contribution in [0.25, 0.3) is 11.3 Å². The van der Waals surface area contributed by atoms with Gasteiger partial charge in [-0.1, -0.05) is 46.9 Å². The maximum atomic E-state index is 11.2. The van der Waals surface area contributed by atoms with Gasteiger partial charge in [0.05, 0.1) is 26.4 Å². The van der Waals surface area contributed by atoms with Crippen molar-refractivity contribution in [3.8, 4) is 11.3 Å². The minimum atomic E-state index is -0.516. The average molecular weight is 484 g/mol. The molecule has 0 aliphatic heterocycles. The Morgan fingerprint density at radius 3 is 2.43 bits per heavy atom. The number of nitrogens with zero attached hydrogens (tertiary/aromatic N) is 4. The third-order valence-corrected chi connectivity index (χ3v) is 5.97. The van der Waals surface area contributed by atoms with Crippen LogP contribution in [0.1, 0.15) is 26.3 Å². The molecule has 2 aromatic carbocycles. The first kappa shape index (κ1) is 22.5. The van der Waals surface area contributed by atoms with Crippen LogP contribution in [0.2, 0.25) is 15.1 Å². The molecule has 1 heterocycles. The Labute approximate surface area is 192 Å². The average Bonchev–Trinajstić information content (AvgIpc) is 3.05. The van der Waals surface area contributed by atoms with Gasteiger partial charge in [-0.15, -0.1) is 11.3 Å². The maximum absolute atomic E-state index is 11.2. The highest BCUT2D eigenvalue weighted by atomic mass is 35.5. The first-order chi connectivity index (χ1) is 14.2. The second kappa shape index (κ2) is 9.31. The van der Waals surface area contributed by atoms with Crippen LogP contribution in [0, 0.1) is 10.1 Å². The Hall–Kier alpha value is -2.19. The highest BCUT2D eigenvalue weighted by Gasteiger charge is 2.15. The summed E-state index contributed by atoms with van der Waals surface area (Å²) in [6, 6.07) is 9.99. The summed E-state index contributed by atoms with van der Waals surface area (Å²) < 4.78 is 1.71. The van der Waals surface area contributed by atoms with E-state index in [9.17, 15) is 10.1 Å². The molecule has 1 aromatic heterocycles. The van der Waals surface area contributed by atoms with Crippen molar-refractivity contribution in [3.63, 3.8) is 0 Å². The van der Waals surface area contributed by atoms with Crippen LogP contribution in [0.3, 0.4) is 0 Å². The smallest absolute Gasteiger partial charge is 0.258 e. The van der Waals surface area contributed by atoms with Gasteiger partial charge in [0.15, 0.2) is 0 Å². The summed E-state index contributed by atoms with van der Waals surface area (Å²) in [6.45, 7) is 5.72. The fraction of sp³-hybridized carbons (Fsp3) is 0.200. The van der Waals surface area contributed by atoms with Gasteiger partial charge >= 0.3 is 0 Å². The molecule has 0 aliphatic carbocycles. The van der Waals surface area contributed by atoms with E-state index in [-0.39, 0.29) is 16.8 Å². The summed E-state index contributed by atoms with van der Waals surface area (Å²) in [7, 11) is 0. The molecule has 0 radical (unpaired) electrons. The Morgan fingerprint density at radius 2 is 1.80 bits per heavy atom. The van der Waals surface area contributed by atoms with Gasteiger partial charge in [-0.3, -0.25) is 15.1 Å². The molecule has 3 aromatic rings. The van der Waals surface area contributed by atoms with Crippen molar-refractivity contribution in [2.45, 2.75) is 26.8 Å². The van der Waals surface area contributed by atoms with Crippen LogP contribution in [-0.2, 0) is 0 Å². The normalized spacial score (nSPS) is 12.6. The molecule has 0 atom stereocenters. The summed E-state index contributed by atoms with van der Waals surface area (Å²) in [5.41, 5.74) is 2.58. The van der Waals surface area contributed by atoms with Crippen molar-refractivity contribution in [2.24, 2.45) is 10.1 Å². The van der Waals surface area contributed by atoms with Gasteiger partial charge in [0, 0.05) is 28.6 Å². The van der Waals surface area contributed by atoms with Crippen LogP contribution >= 0.6 is 46.1 Å². The van der Waals surface area contributed by atoms with Crippen LogP contribution < -0.4 is 4.80 Å². The van der Waals surface area contributed by atoms with E-state index in [1.54, 1.807) is 29.8 Å². The lowest BCUT2D eigenvalue weighted by atomic mass is 10.1. The van der Waals surface area contributed by atoms with E-state index < -0.39 is 4.92 Å². The van der Waals surface area contributed by atoms with E-state index in [1.807, 2.05) is 25.3 Å². The predicted octanol–water partition coefficient (Wildman–Crippen LogP) is 6.67. The molecule has 30 heavy (non-hydrogen) atoms. The molecule has 0 unspecified atom stereocenters. The Bertz CT molecular complexity index is 1220. The van der Waals surface area contributed by atoms with Crippen LogP contribution in [0.15, 0.2) is 51.9 Å². The second-order valence-corrected chi connectivity index (χ2v) is 8.73. The molecule has 0 aliphatic rings. The van der Waals surface area contributed by atoms with Gasteiger partial charge in [0.2, 0.25) is 4.80 Å². The molecule has 0 bridgehead atoms. The van der Waals surface area contributed by atoms with Crippen molar-refractivity contribution < 1.29 is 4.92 Å². The molecule has 0 N–H and O–H groups in total. The SMILES string of the molecule is CC(=Nn1c(-c2ccc(Cl)c(Cl)c2)csc1=NC(C)C)c1ccc(Cl)c([N+](=O)[O-])c1. The third-order valence-electron chi connectivity index (χ3n) is 4.08. The molecule has 0 spiro atoms. The number of aromatic nitrogens is 1. The first-order valence-corrected chi connectivity index (χ1v) is 10.9. The van der Waals surface area contributed by atoms with E-state index >= 15 is 0 Å². The summed E-state index contributed by atoms with van der Waals surface area (Å²) in [6.07, 6.45) is 0. The first-order valence-electron chi connectivity index (χ1n) is 8.87. The number of nitro groups is 1. The van der Waals surface area contributed by atoms with Gasteiger partial charge in [-0.2, -0.15) is 5.10 Å². The number of hydrogen-bond donors (Lipinski definition) is 0. The van der Waals surface area contributed by atoms with Gasteiger partial charge in [-0.05, 0) is 39.0 Å². The fourth-order valence-corrected chi connectivity index (χ4v) is 4.09. The number of rotatable bonds is 5. The molecule has 156 valence electrons. The highest BCUT2D eigenvalue weighted by molar-refractivity contribution is 7.07. The fourth-order valence-electron chi connectivity index (χ4n) is 2.65. The zero-order valence-electron chi connectivity index (χ0n) is 16.3. The Balaban J connectivity index is 2.18. The quantitative estimate of drug-likeness (QED) is 0.231. The van der Waals surface area contributed by atoms with Crippen LogP contribution in [0.4, 0.5) is 5.69 Å². The molecule has 6 nitrogen and oxygen atoms in total. The Morgan fingerprint density at radius 1 is 1.10 bits per heavy atom. The molecular weight excluding hydrogens is 467 g/mol. The highest BCUT2D eigenvalue weighted by Crippen LogP contribution is 2.29. The zero-order chi connectivity index (χ0) is 22.0. The number of hydrogen-bond acceptors (Lipinski definition) is 5. The minimum absolute atomic E-state index is 0.0590. The van der Waals surface area contributed by atoms with Crippen molar-refractivity contribution in [2.75, 3.05) is 0 Å². The largest absolute Gasteiger partial charge is 0.288 e. The molecule has 0 fully saturated rings. The third kappa shape index (κ3) is 4.92. The van der Waals surface area contributed by atoms with Crippen molar-refractivity contribution >= 4 is 57.5 Å². The maximum Gasteiger partial charge on any atom is 0.288 e. The monoisotopic (exact) mass is 482 g/mol. The summed E-state index contributed by atoms with van der Waals surface area (Å²) in [5, 5.41) is 18.8. The summed E-state index contributed by atoms with van der Waals surface area (Å²) in [5.74, 6) is 0. The number of nitro benzene ring substituents is 1. The van der Waals surface area contributed by atoms with Crippen LogP contribution in [-0.4, -0.2) is 21.4 Å². The van der Waals surface area contributed by atoms with Gasteiger partial charge in [0.25, 0.3) is 5.69 Å². The lowest BCUT2D eigenvalue weighted by Crippen LogP contribution is -2.16. The molecule has 0 amide bonds. The number of thiazole rings is 1. The van der Waals surface area contributed by atoms with E-state index in [2.05, 4.69) is 4.99 Å². The lowest BCUT2D eigenvalue weighted by Gasteiger charge is -2.08. The van der Waals surface area contributed by atoms with E-state index in [0.29, 0.717) is 26.1 Å². The van der Waals surface area contributed by atoms with Crippen LogP contribution in [0.5, 0.6) is 0 Å². The number of benzene rings is 2. The Kier molecular flexibility index (Phi) is 6.98. The van der Waals surface area contributed by atoms with Crippen molar-refractivity contribution in [3.05, 3.63) is 77.3 Å². The molecule has 0 saturated heterocycles. The van der Waals surface area contributed by atoms with Crippen molar-refractivity contribution in [1.82, 2.24) is 4.68 Å². The van der Waals surface area contributed by atoms with Gasteiger partial charge in [-0.25, -0.2) is 4.68 Å². The predicted molar refractivity (Wildman–Crippen MR) is 124 cm³/mol. The van der Waals surface area contributed by atoms with E-state index in [0.717, 1.165) is 11.3 Å². The summed E-state index contributed by atoms with van der Waals surface area (Å²) >= 11 is 19.6.